The fraction of sp³-hybridized carbons (Fsp3) is 0.500. The van der Waals surface area contributed by atoms with Gasteiger partial charge in [0.25, 0.3) is 5.56 Å². The predicted molar refractivity (Wildman–Crippen MR) is 71.0 cm³/mol. The minimum Gasteiger partial charge on any atom is -0.342 e. The molecule has 0 saturated heterocycles. The molecule has 1 heterocycles. The Kier molecular flexibility index (Phi) is 4.51. The third-order valence-electron chi connectivity index (χ3n) is 2.71. The average molecular weight is 301 g/mol. The summed E-state index contributed by atoms with van der Waals surface area (Å²) in [6.45, 7) is 5.69. The maximum absolute atomic E-state index is 11.9. The summed E-state index contributed by atoms with van der Waals surface area (Å²) < 4.78 is 2.23. The molecule has 1 rings (SSSR count). The van der Waals surface area contributed by atoms with E-state index >= 15 is 0 Å². The van der Waals surface area contributed by atoms with Gasteiger partial charge in [0.2, 0.25) is 5.91 Å². The molecule has 1 aromatic heterocycles. The van der Waals surface area contributed by atoms with E-state index in [-0.39, 0.29) is 24.1 Å². The van der Waals surface area contributed by atoms with E-state index in [0.717, 1.165) is 4.47 Å². The lowest BCUT2D eigenvalue weighted by atomic mass is 10.3. The van der Waals surface area contributed by atoms with E-state index in [2.05, 4.69) is 15.9 Å². The Hall–Kier alpha value is -1.10. The highest BCUT2D eigenvalue weighted by molar-refractivity contribution is 9.10. The van der Waals surface area contributed by atoms with Crippen LogP contribution in [0.15, 0.2) is 21.5 Å². The summed E-state index contributed by atoms with van der Waals surface area (Å²) in [4.78, 5) is 25.3. The first-order valence-corrected chi connectivity index (χ1v) is 6.24. The molecule has 4 nitrogen and oxygen atoms in total. The van der Waals surface area contributed by atoms with Gasteiger partial charge < -0.3 is 9.47 Å². The Bertz CT molecular complexity index is 480. The van der Waals surface area contributed by atoms with Gasteiger partial charge in [-0.3, -0.25) is 9.59 Å². The van der Waals surface area contributed by atoms with Crippen LogP contribution in [-0.4, -0.2) is 28.5 Å². The smallest absolute Gasteiger partial charge is 0.253 e. The fourth-order valence-electron chi connectivity index (χ4n) is 1.40. The number of amides is 1. The van der Waals surface area contributed by atoms with Crippen LogP contribution in [0.5, 0.6) is 0 Å². The normalized spacial score (nSPS) is 10.7. The third-order valence-corrected chi connectivity index (χ3v) is 3.14. The van der Waals surface area contributed by atoms with Gasteiger partial charge in [-0.1, -0.05) is 0 Å². The molecule has 0 spiro atoms. The summed E-state index contributed by atoms with van der Waals surface area (Å²) in [5.74, 6) is -0.0698. The molecular formula is C12H17BrN2O2. The van der Waals surface area contributed by atoms with E-state index in [1.54, 1.807) is 31.1 Å². The molecule has 0 N–H and O–H groups in total. The number of rotatable bonds is 3. The van der Waals surface area contributed by atoms with Crippen molar-refractivity contribution < 1.29 is 4.79 Å². The highest BCUT2D eigenvalue weighted by Crippen LogP contribution is 2.08. The van der Waals surface area contributed by atoms with Crippen molar-refractivity contribution in [2.24, 2.45) is 0 Å². The number of pyridine rings is 1. The Morgan fingerprint density at radius 2 is 2.12 bits per heavy atom. The third kappa shape index (κ3) is 3.43. The molecule has 17 heavy (non-hydrogen) atoms. The Balaban J connectivity index is 2.97. The summed E-state index contributed by atoms with van der Waals surface area (Å²) in [6, 6.07) is 1.88. The second kappa shape index (κ2) is 5.49. The van der Waals surface area contributed by atoms with Gasteiger partial charge >= 0.3 is 0 Å². The van der Waals surface area contributed by atoms with Crippen molar-refractivity contribution >= 4 is 21.8 Å². The van der Waals surface area contributed by atoms with Gasteiger partial charge in [0, 0.05) is 29.3 Å². The molecule has 94 valence electrons. The van der Waals surface area contributed by atoms with E-state index in [9.17, 15) is 9.59 Å². The van der Waals surface area contributed by atoms with Gasteiger partial charge in [-0.25, -0.2) is 0 Å². The summed E-state index contributed by atoms with van der Waals surface area (Å²) in [7, 11) is 1.74. The first kappa shape index (κ1) is 14.0. The van der Waals surface area contributed by atoms with Crippen molar-refractivity contribution in [3.8, 4) is 0 Å². The van der Waals surface area contributed by atoms with Crippen LogP contribution in [0.4, 0.5) is 0 Å². The van der Waals surface area contributed by atoms with Gasteiger partial charge in [0.05, 0.1) is 0 Å². The van der Waals surface area contributed by atoms with Crippen molar-refractivity contribution in [1.82, 2.24) is 9.47 Å². The van der Waals surface area contributed by atoms with E-state index in [0.29, 0.717) is 5.56 Å². The molecular weight excluding hydrogens is 284 g/mol. The van der Waals surface area contributed by atoms with Crippen molar-refractivity contribution in [2.45, 2.75) is 33.4 Å². The second-order valence-corrected chi connectivity index (χ2v) is 5.29. The van der Waals surface area contributed by atoms with Crippen LogP contribution in [0.25, 0.3) is 0 Å². The first-order chi connectivity index (χ1) is 7.82. The first-order valence-electron chi connectivity index (χ1n) is 5.45. The zero-order chi connectivity index (χ0) is 13.2. The van der Waals surface area contributed by atoms with Gasteiger partial charge in [-0.15, -0.1) is 0 Å². The molecule has 1 aromatic rings. The predicted octanol–water partition coefficient (Wildman–Crippen LogP) is 1.79. The highest BCUT2D eigenvalue weighted by Gasteiger charge is 2.13. The summed E-state index contributed by atoms with van der Waals surface area (Å²) in [6.07, 6.45) is 1.64. The van der Waals surface area contributed by atoms with Crippen LogP contribution in [0.3, 0.4) is 0 Å². The van der Waals surface area contributed by atoms with Crippen LogP contribution < -0.4 is 5.56 Å². The van der Waals surface area contributed by atoms with Crippen molar-refractivity contribution in [3.05, 3.63) is 32.7 Å². The SMILES string of the molecule is Cc1cc(Br)cn(CC(=O)N(C)C(C)C)c1=O. The molecule has 0 radical (unpaired) electrons. The quantitative estimate of drug-likeness (QED) is 0.854. The Morgan fingerprint density at radius 3 is 2.65 bits per heavy atom. The number of nitrogens with zero attached hydrogens (tertiary/aromatic N) is 2. The van der Waals surface area contributed by atoms with Crippen LogP contribution >= 0.6 is 15.9 Å². The fourth-order valence-corrected chi connectivity index (χ4v) is 1.99. The topological polar surface area (TPSA) is 42.3 Å². The number of hydrogen-bond acceptors (Lipinski definition) is 2. The van der Waals surface area contributed by atoms with Crippen molar-refractivity contribution in [3.63, 3.8) is 0 Å². The maximum Gasteiger partial charge on any atom is 0.253 e. The second-order valence-electron chi connectivity index (χ2n) is 4.37. The number of hydrogen-bond donors (Lipinski definition) is 0. The average Bonchev–Trinajstić information content (AvgIpc) is 2.23. The molecule has 5 heteroatoms. The number of carbonyl (C=O) groups excluding carboxylic acids is 1. The molecule has 0 aliphatic carbocycles. The lowest BCUT2D eigenvalue weighted by molar-refractivity contribution is -0.132. The number of carbonyl (C=O) groups is 1. The van der Waals surface area contributed by atoms with Crippen LogP contribution in [0.2, 0.25) is 0 Å². The van der Waals surface area contributed by atoms with E-state index in [1.807, 2.05) is 13.8 Å². The summed E-state index contributed by atoms with van der Waals surface area (Å²) in [5.41, 5.74) is 0.498. The van der Waals surface area contributed by atoms with Crippen molar-refractivity contribution in [1.29, 1.82) is 0 Å². The monoisotopic (exact) mass is 300 g/mol. The van der Waals surface area contributed by atoms with Crippen LogP contribution in [0, 0.1) is 6.92 Å². The Labute approximate surface area is 109 Å². The number of likely N-dealkylation sites (N-methyl/N-ethyl adjacent to an activating group) is 1. The van der Waals surface area contributed by atoms with E-state index < -0.39 is 0 Å². The maximum atomic E-state index is 11.9. The molecule has 0 aromatic carbocycles. The zero-order valence-corrected chi connectivity index (χ0v) is 12.1. The minimum absolute atomic E-state index is 0.0698. The van der Waals surface area contributed by atoms with Crippen molar-refractivity contribution in [2.75, 3.05) is 7.05 Å². The van der Waals surface area contributed by atoms with Gasteiger partial charge in [-0.2, -0.15) is 0 Å². The van der Waals surface area contributed by atoms with E-state index in [1.165, 1.54) is 4.57 Å². The Morgan fingerprint density at radius 1 is 1.53 bits per heavy atom. The number of halogens is 1. The molecule has 0 saturated carbocycles. The lowest BCUT2D eigenvalue weighted by Gasteiger charge is -2.22. The highest BCUT2D eigenvalue weighted by atomic mass is 79.9. The minimum atomic E-state index is -0.126. The number of aryl methyl sites for hydroxylation is 1. The number of aromatic nitrogens is 1. The van der Waals surface area contributed by atoms with E-state index in [4.69, 9.17) is 0 Å². The molecule has 0 aliphatic rings. The van der Waals surface area contributed by atoms with Gasteiger partial charge in [-0.05, 0) is 42.8 Å². The molecule has 0 bridgehead atoms. The van der Waals surface area contributed by atoms with Crippen LogP contribution in [0.1, 0.15) is 19.4 Å². The molecule has 0 atom stereocenters. The van der Waals surface area contributed by atoms with Crippen LogP contribution in [-0.2, 0) is 11.3 Å². The largest absolute Gasteiger partial charge is 0.342 e. The lowest BCUT2D eigenvalue weighted by Crippen LogP contribution is -2.38. The molecule has 0 aliphatic heterocycles. The molecule has 0 fully saturated rings. The summed E-state index contributed by atoms with van der Waals surface area (Å²) in [5, 5.41) is 0. The van der Waals surface area contributed by atoms with Gasteiger partial charge in [0.15, 0.2) is 0 Å². The zero-order valence-electron chi connectivity index (χ0n) is 10.5. The molecule has 1 amide bonds. The molecule has 0 unspecified atom stereocenters. The standard InChI is InChI=1S/C12H17BrN2O2/c1-8(2)14(4)11(16)7-15-6-10(13)5-9(3)12(15)17/h5-6,8H,7H2,1-4H3. The summed E-state index contributed by atoms with van der Waals surface area (Å²) >= 11 is 3.32. The van der Waals surface area contributed by atoms with Gasteiger partial charge in [0.1, 0.15) is 6.54 Å².